The van der Waals surface area contributed by atoms with E-state index in [4.69, 9.17) is 16.3 Å². The highest BCUT2D eigenvalue weighted by molar-refractivity contribution is 6.33. The maximum Gasteiger partial charge on any atom is 0.0642 e. The maximum absolute atomic E-state index is 9.32. The van der Waals surface area contributed by atoms with Gasteiger partial charge in [0, 0.05) is 33.8 Å². The fraction of sp³-hybridized carbons (Fsp3) is 0.600. The van der Waals surface area contributed by atoms with Gasteiger partial charge < -0.3 is 20.1 Å². The van der Waals surface area contributed by atoms with E-state index in [1.807, 2.05) is 19.2 Å². The first-order chi connectivity index (χ1) is 9.54. The highest BCUT2D eigenvalue weighted by atomic mass is 35.5. The van der Waals surface area contributed by atoms with Crippen molar-refractivity contribution in [3.63, 3.8) is 0 Å². The van der Waals surface area contributed by atoms with Gasteiger partial charge in [-0.05, 0) is 31.0 Å². The molecule has 0 aliphatic rings. The lowest BCUT2D eigenvalue weighted by atomic mass is 10.2. The number of anilines is 1. The normalized spacial score (nSPS) is 12.4. The van der Waals surface area contributed by atoms with Crippen LogP contribution in [0.2, 0.25) is 5.02 Å². The molecule has 0 amide bonds. The Morgan fingerprint density at radius 3 is 2.80 bits per heavy atom. The van der Waals surface area contributed by atoms with Crippen LogP contribution in [0.25, 0.3) is 0 Å². The second-order valence-corrected chi connectivity index (χ2v) is 5.42. The Bertz CT molecular complexity index is 399. The zero-order valence-corrected chi connectivity index (χ0v) is 13.3. The molecule has 0 saturated heterocycles. The van der Waals surface area contributed by atoms with Gasteiger partial charge in [-0.3, -0.25) is 0 Å². The lowest BCUT2D eigenvalue weighted by Gasteiger charge is -2.21. The number of halogens is 1. The Balaban J connectivity index is 2.54. The summed E-state index contributed by atoms with van der Waals surface area (Å²) < 4.78 is 4.98. The number of nitrogens with one attached hydrogen (secondary N) is 1. The van der Waals surface area contributed by atoms with Crippen molar-refractivity contribution in [3.05, 3.63) is 28.8 Å². The molecule has 0 aliphatic carbocycles. The van der Waals surface area contributed by atoms with Crippen LogP contribution in [0.15, 0.2) is 18.2 Å². The molecule has 0 aliphatic heterocycles. The van der Waals surface area contributed by atoms with Crippen LogP contribution in [0.1, 0.15) is 18.9 Å². The molecule has 0 saturated carbocycles. The van der Waals surface area contributed by atoms with Gasteiger partial charge in [0.15, 0.2) is 0 Å². The van der Waals surface area contributed by atoms with Gasteiger partial charge in [0.1, 0.15) is 0 Å². The van der Waals surface area contributed by atoms with Gasteiger partial charge in [-0.25, -0.2) is 0 Å². The van der Waals surface area contributed by atoms with Crippen molar-refractivity contribution >= 4 is 17.3 Å². The van der Waals surface area contributed by atoms with Crippen LogP contribution in [0.5, 0.6) is 0 Å². The third kappa shape index (κ3) is 6.09. The fourth-order valence-corrected chi connectivity index (χ4v) is 2.23. The van der Waals surface area contributed by atoms with Crippen LogP contribution in [0.3, 0.4) is 0 Å². The molecule has 0 aromatic heterocycles. The molecule has 1 aromatic carbocycles. The number of methoxy groups -OCH3 is 1. The summed E-state index contributed by atoms with van der Waals surface area (Å²) in [7, 11) is 3.68. The second-order valence-electron chi connectivity index (χ2n) is 5.01. The average molecular weight is 301 g/mol. The van der Waals surface area contributed by atoms with E-state index in [-0.39, 0.29) is 6.10 Å². The quantitative estimate of drug-likeness (QED) is 0.687. The number of nitrogens with zero attached hydrogens (tertiary/aromatic N) is 1. The van der Waals surface area contributed by atoms with E-state index >= 15 is 0 Å². The lowest BCUT2D eigenvalue weighted by Crippen LogP contribution is -2.22. The molecule has 20 heavy (non-hydrogen) atoms. The van der Waals surface area contributed by atoms with Crippen LogP contribution in [-0.4, -0.2) is 45.1 Å². The van der Waals surface area contributed by atoms with Gasteiger partial charge in [-0.2, -0.15) is 0 Å². The summed E-state index contributed by atoms with van der Waals surface area (Å²) in [6.45, 7) is 4.88. The maximum atomic E-state index is 9.32. The molecule has 5 heteroatoms. The Labute approximate surface area is 126 Å². The number of hydrogen-bond acceptors (Lipinski definition) is 4. The molecule has 114 valence electrons. The minimum Gasteiger partial charge on any atom is -0.393 e. The fourth-order valence-electron chi connectivity index (χ4n) is 1.88. The van der Waals surface area contributed by atoms with Gasteiger partial charge in [-0.1, -0.05) is 17.7 Å². The number of hydrogen-bond donors (Lipinski definition) is 2. The summed E-state index contributed by atoms with van der Waals surface area (Å²) in [6, 6.07) is 6.08. The molecule has 0 radical (unpaired) electrons. The molecule has 4 nitrogen and oxygen atoms in total. The molecule has 0 heterocycles. The van der Waals surface area contributed by atoms with Crippen molar-refractivity contribution in [3.8, 4) is 0 Å². The first-order valence-corrected chi connectivity index (χ1v) is 7.29. The predicted molar refractivity (Wildman–Crippen MR) is 84.6 cm³/mol. The zero-order chi connectivity index (χ0) is 15.0. The third-order valence-electron chi connectivity index (χ3n) is 3.12. The van der Waals surface area contributed by atoms with Crippen molar-refractivity contribution in [2.45, 2.75) is 26.0 Å². The Kier molecular flexibility index (Phi) is 7.92. The van der Waals surface area contributed by atoms with Crippen molar-refractivity contribution < 1.29 is 9.84 Å². The van der Waals surface area contributed by atoms with Crippen molar-refractivity contribution in [1.82, 2.24) is 5.32 Å². The number of rotatable bonds is 9. The topological polar surface area (TPSA) is 44.7 Å². The average Bonchev–Trinajstić information content (AvgIpc) is 2.41. The molecule has 0 fully saturated rings. The van der Waals surface area contributed by atoms with Gasteiger partial charge in [0.25, 0.3) is 0 Å². The molecule has 1 atom stereocenters. The van der Waals surface area contributed by atoms with Gasteiger partial charge in [-0.15, -0.1) is 0 Å². The van der Waals surface area contributed by atoms with E-state index in [1.165, 1.54) is 0 Å². The van der Waals surface area contributed by atoms with Crippen molar-refractivity contribution in [2.75, 3.05) is 38.8 Å². The SMILES string of the molecule is COCCNCc1ccc(N(C)CCC(C)O)c(Cl)c1. The molecular weight excluding hydrogens is 276 g/mol. The van der Waals surface area contributed by atoms with E-state index in [9.17, 15) is 5.11 Å². The van der Waals surface area contributed by atoms with E-state index < -0.39 is 0 Å². The van der Waals surface area contributed by atoms with Gasteiger partial charge in [0.05, 0.1) is 23.4 Å². The number of aliphatic hydroxyl groups excluding tert-OH is 1. The van der Waals surface area contributed by atoms with Crippen LogP contribution in [-0.2, 0) is 11.3 Å². The molecule has 1 aromatic rings. The highest BCUT2D eigenvalue weighted by Crippen LogP contribution is 2.26. The first-order valence-electron chi connectivity index (χ1n) is 6.92. The van der Waals surface area contributed by atoms with Crippen molar-refractivity contribution in [1.29, 1.82) is 0 Å². The number of ether oxygens (including phenoxy) is 1. The van der Waals surface area contributed by atoms with E-state index in [1.54, 1.807) is 14.0 Å². The third-order valence-corrected chi connectivity index (χ3v) is 3.42. The summed E-state index contributed by atoms with van der Waals surface area (Å²) in [4.78, 5) is 2.07. The molecule has 1 rings (SSSR count). The molecule has 1 unspecified atom stereocenters. The zero-order valence-electron chi connectivity index (χ0n) is 12.5. The van der Waals surface area contributed by atoms with Crippen molar-refractivity contribution in [2.24, 2.45) is 0 Å². The Morgan fingerprint density at radius 1 is 1.45 bits per heavy atom. The largest absolute Gasteiger partial charge is 0.393 e. The van der Waals surface area contributed by atoms with Crippen LogP contribution in [0, 0.1) is 0 Å². The summed E-state index contributed by atoms with van der Waals surface area (Å²) in [6.07, 6.45) is 0.438. The minimum atomic E-state index is -0.291. The highest BCUT2D eigenvalue weighted by Gasteiger charge is 2.08. The van der Waals surface area contributed by atoms with Crippen LogP contribution in [0.4, 0.5) is 5.69 Å². The summed E-state index contributed by atoms with van der Waals surface area (Å²) >= 11 is 6.32. The summed E-state index contributed by atoms with van der Waals surface area (Å²) in [5.41, 5.74) is 2.15. The lowest BCUT2D eigenvalue weighted by molar-refractivity contribution is 0.187. The van der Waals surface area contributed by atoms with Crippen LogP contribution >= 0.6 is 11.6 Å². The first kappa shape index (κ1) is 17.2. The van der Waals surface area contributed by atoms with E-state index in [2.05, 4.69) is 16.3 Å². The summed E-state index contributed by atoms with van der Waals surface area (Å²) in [5.74, 6) is 0. The van der Waals surface area contributed by atoms with Gasteiger partial charge >= 0.3 is 0 Å². The summed E-state index contributed by atoms with van der Waals surface area (Å²) in [5, 5.41) is 13.4. The number of benzene rings is 1. The molecule has 0 bridgehead atoms. The Hall–Kier alpha value is -0.810. The smallest absolute Gasteiger partial charge is 0.0642 e. The molecule has 2 N–H and O–H groups in total. The molecule has 0 spiro atoms. The van der Waals surface area contributed by atoms with E-state index in [0.717, 1.165) is 42.3 Å². The minimum absolute atomic E-state index is 0.291. The standard InChI is InChI=1S/C15H25ClN2O2/c1-12(19)6-8-18(2)15-5-4-13(10-14(15)16)11-17-7-9-20-3/h4-5,10,12,17,19H,6-9,11H2,1-3H3. The van der Waals surface area contributed by atoms with E-state index in [0.29, 0.717) is 6.61 Å². The second kappa shape index (κ2) is 9.19. The molecular formula is C15H25ClN2O2. The van der Waals surface area contributed by atoms with Crippen LogP contribution < -0.4 is 10.2 Å². The Morgan fingerprint density at radius 2 is 2.20 bits per heavy atom. The van der Waals surface area contributed by atoms with Gasteiger partial charge in [0.2, 0.25) is 0 Å². The number of aliphatic hydroxyl groups is 1. The monoisotopic (exact) mass is 300 g/mol. The predicted octanol–water partition coefficient (Wildman–Crippen LogP) is 2.28.